The van der Waals surface area contributed by atoms with Gasteiger partial charge in [0.25, 0.3) is 5.91 Å². The molecule has 2 saturated heterocycles. The molecule has 8 heteroatoms. The maximum Gasteiger partial charge on any atom is 0.254 e. The SMILES string of the molecule is C[C@H]1CN(C(=O)C2CCC(C3(C4CCCCC4)NC4CCC(F)CC4O3)CC2)CCN1C(=O)C1(O)CC1. The molecule has 0 bridgehead atoms. The molecule has 0 aromatic rings. The Bertz CT molecular complexity index is 869. The van der Waals surface area contributed by atoms with Gasteiger partial charge in [0.15, 0.2) is 0 Å². The first-order valence-electron chi connectivity index (χ1n) is 15.2. The van der Waals surface area contributed by atoms with E-state index in [0.717, 1.165) is 32.1 Å². The van der Waals surface area contributed by atoms with Gasteiger partial charge in [-0.2, -0.15) is 0 Å². The number of nitrogens with one attached hydrogen (secondary N) is 1. The third-order valence-electron chi connectivity index (χ3n) is 10.7. The number of piperazine rings is 1. The molecule has 6 aliphatic rings. The number of fused-ring (bicyclic) bond motifs is 1. The van der Waals surface area contributed by atoms with Crippen LogP contribution in [0.15, 0.2) is 0 Å². The molecule has 6 fully saturated rings. The van der Waals surface area contributed by atoms with Crippen LogP contribution >= 0.6 is 0 Å². The summed E-state index contributed by atoms with van der Waals surface area (Å²) >= 11 is 0. The summed E-state index contributed by atoms with van der Waals surface area (Å²) < 4.78 is 21.1. The zero-order valence-corrected chi connectivity index (χ0v) is 22.5. The molecule has 0 aromatic carbocycles. The average molecular weight is 520 g/mol. The molecule has 0 spiro atoms. The molecule has 2 heterocycles. The van der Waals surface area contributed by atoms with Crippen LogP contribution in [-0.4, -0.2) is 82.0 Å². The number of alkyl halides is 1. The first kappa shape index (κ1) is 26.0. The average Bonchev–Trinajstić information content (AvgIpc) is 3.55. The summed E-state index contributed by atoms with van der Waals surface area (Å²) in [5, 5.41) is 14.2. The van der Waals surface area contributed by atoms with Crippen molar-refractivity contribution in [1.82, 2.24) is 15.1 Å². The second-order valence-corrected chi connectivity index (χ2v) is 13.2. The first-order valence-corrected chi connectivity index (χ1v) is 15.2. The van der Waals surface area contributed by atoms with Gasteiger partial charge >= 0.3 is 0 Å². The van der Waals surface area contributed by atoms with Crippen LogP contribution in [0.25, 0.3) is 0 Å². The molecule has 2 N–H and O–H groups in total. The number of carbonyl (C=O) groups excluding carboxylic acids is 2. The molecule has 6 rings (SSSR count). The summed E-state index contributed by atoms with van der Waals surface area (Å²) in [6, 6.07) is 0.196. The van der Waals surface area contributed by atoms with Crippen molar-refractivity contribution < 1.29 is 23.8 Å². The van der Waals surface area contributed by atoms with Crippen molar-refractivity contribution in [3.8, 4) is 0 Å². The molecule has 5 atom stereocenters. The zero-order valence-electron chi connectivity index (χ0n) is 22.5. The predicted octanol–water partition coefficient (Wildman–Crippen LogP) is 3.53. The van der Waals surface area contributed by atoms with E-state index in [1.807, 2.05) is 11.8 Å². The van der Waals surface area contributed by atoms with Crippen molar-refractivity contribution in [1.29, 1.82) is 0 Å². The molecule has 2 aliphatic heterocycles. The van der Waals surface area contributed by atoms with Crippen molar-refractivity contribution in [3.63, 3.8) is 0 Å². The Morgan fingerprint density at radius 1 is 0.946 bits per heavy atom. The van der Waals surface area contributed by atoms with E-state index in [-0.39, 0.29) is 41.6 Å². The molecule has 7 nitrogen and oxygen atoms in total. The van der Waals surface area contributed by atoms with Crippen molar-refractivity contribution in [2.24, 2.45) is 17.8 Å². The van der Waals surface area contributed by atoms with Gasteiger partial charge in [0.2, 0.25) is 5.91 Å². The molecule has 4 aliphatic carbocycles. The Hall–Kier alpha value is -1.25. The van der Waals surface area contributed by atoms with E-state index in [0.29, 0.717) is 57.2 Å². The lowest BCUT2D eigenvalue weighted by molar-refractivity contribution is -0.158. The standard InChI is InChI=1S/C29H46FN3O4/c1-19-18-32(15-16-33(19)27(35)28(36)13-14-28)26(34)20-7-9-22(10-8-20)29(21-5-3-2-4-6-21)31-24-12-11-23(30)17-25(24)37-29/h19-25,31,36H,2-18H2,1H3/t19-,20?,22?,23?,24?,25?,29?/m0/s1. The maximum atomic E-state index is 14.2. The highest BCUT2D eigenvalue weighted by atomic mass is 19.1. The second kappa shape index (κ2) is 10.1. The highest BCUT2D eigenvalue weighted by molar-refractivity contribution is 5.88. The van der Waals surface area contributed by atoms with Gasteiger partial charge in [0.05, 0.1) is 6.10 Å². The van der Waals surface area contributed by atoms with E-state index >= 15 is 0 Å². The fourth-order valence-corrected chi connectivity index (χ4v) is 8.33. The van der Waals surface area contributed by atoms with Gasteiger partial charge in [-0.15, -0.1) is 0 Å². The fraction of sp³-hybridized carbons (Fsp3) is 0.931. The molecule has 208 valence electrons. The number of hydrogen-bond acceptors (Lipinski definition) is 5. The normalized spacial score (nSPS) is 42.4. The van der Waals surface area contributed by atoms with Crippen LogP contribution in [0.2, 0.25) is 0 Å². The lowest BCUT2D eigenvalue weighted by atomic mass is 9.69. The van der Waals surface area contributed by atoms with Gasteiger partial charge in [-0.25, -0.2) is 4.39 Å². The molecule has 0 radical (unpaired) electrons. The maximum absolute atomic E-state index is 14.2. The second-order valence-electron chi connectivity index (χ2n) is 13.2. The molecule has 4 unspecified atom stereocenters. The minimum absolute atomic E-state index is 0.0146. The van der Waals surface area contributed by atoms with E-state index < -0.39 is 11.8 Å². The predicted molar refractivity (Wildman–Crippen MR) is 137 cm³/mol. The Labute approximate surface area is 220 Å². The van der Waals surface area contributed by atoms with Crippen LogP contribution in [0.5, 0.6) is 0 Å². The Kier molecular flexibility index (Phi) is 7.06. The van der Waals surface area contributed by atoms with Crippen molar-refractivity contribution in [3.05, 3.63) is 0 Å². The van der Waals surface area contributed by atoms with Gasteiger partial charge in [-0.3, -0.25) is 14.9 Å². The largest absolute Gasteiger partial charge is 0.380 e. The number of ether oxygens (including phenoxy) is 1. The highest BCUT2D eigenvalue weighted by Crippen LogP contribution is 2.50. The third-order valence-corrected chi connectivity index (χ3v) is 10.7. The van der Waals surface area contributed by atoms with Crippen molar-refractivity contribution >= 4 is 11.8 Å². The summed E-state index contributed by atoms with van der Waals surface area (Å²) in [5.74, 6) is 0.944. The molecule has 4 saturated carbocycles. The number of rotatable bonds is 4. The van der Waals surface area contributed by atoms with Crippen LogP contribution in [0.3, 0.4) is 0 Å². The smallest absolute Gasteiger partial charge is 0.254 e. The van der Waals surface area contributed by atoms with E-state index in [1.165, 1.54) is 32.1 Å². The highest BCUT2D eigenvalue weighted by Gasteiger charge is 2.57. The number of aliphatic hydroxyl groups is 1. The van der Waals surface area contributed by atoms with Crippen molar-refractivity contribution in [2.45, 2.75) is 133 Å². The topological polar surface area (TPSA) is 82.1 Å². The van der Waals surface area contributed by atoms with Gasteiger partial charge in [-0.05, 0) is 71.1 Å². The number of halogens is 1. The van der Waals surface area contributed by atoms with E-state index in [9.17, 15) is 19.1 Å². The Morgan fingerprint density at radius 3 is 2.32 bits per heavy atom. The van der Waals surface area contributed by atoms with E-state index in [4.69, 9.17) is 4.74 Å². The minimum Gasteiger partial charge on any atom is -0.380 e. The molecule has 2 amide bonds. The monoisotopic (exact) mass is 519 g/mol. The number of hydrogen-bond donors (Lipinski definition) is 2. The zero-order chi connectivity index (χ0) is 25.8. The van der Waals surface area contributed by atoms with Crippen LogP contribution < -0.4 is 5.32 Å². The summed E-state index contributed by atoms with van der Waals surface area (Å²) in [6.45, 7) is 3.59. The van der Waals surface area contributed by atoms with Crippen LogP contribution in [0.4, 0.5) is 4.39 Å². The molecule has 0 aromatic heterocycles. The first-order chi connectivity index (χ1) is 17.8. The van der Waals surface area contributed by atoms with Gasteiger partial charge in [-0.1, -0.05) is 19.3 Å². The summed E-state index contributed by atoms with van der Waals surface area (Å²) in [6.07, 6.45) is 12.2. The fourth-order valence-electron chi connectivity index (χ4n) is 8.33. The van der Waals surface area contributed by atoms with Crippen LogP contribution in [0, 0.1) is 17.8 Å². The summed E-state index contributed by atoms with van der Waals surface area (Å²) in [4.78, 5) is 29.9. The lowest BCUT2D eigenvalue weighted by Gasteiger charge is -2.48. The molecular formula is C29H46FN3O4. The van der Waals surface area contributed by atoms with Gasteiger partial charge < -0.3 is 19.6 Å². The molecular weight excluding hydrogens is 473 g/mol. The van der Waals surface area contributed by atoms with Gasteiger partial charge in [0, 0.05) is 55.9 Å². The summed E-state index contributed by atoms with van der Waals surface area (Å²) in [5.41, 5.74) is -1.50. The Balaban J connectivity index is 1.08. The summed E-state index contributed by atoms with van der Waals surface area (Å²) in [7, 11) is 0. The van der Waals surface area contributed by atoms with E-state index in [1.54, 1.807) is 4.90 Å². The molecule has 37 heavy (non-hydrogen) atoms. The quantitative estimate of drug-likeness (QED) is 0.594. The van der Waals surface area contributed by atoms with Crippen LogP contribution in [0.1, 0.15) is 96.8 Å². The van der Waals surface area contributed by atoms with Crippen LogP contribution in [-0.2, 0) is 14.3 Å². The van der Waals surface area contributed by atoms with Crippen molar-refractivity contribution in [2.75, 3.05) is 19.6 Å². The minimum atomic E-state index is -1.15. The lowest BCUT2D eigenvalue weighted by Crippen LogP contribution is -2.59. The third kappa shape index (κ3) is 4.84. The number of amides is 2. The Morgan fingerprint density at radius 2 is 1.65 bits per heavy atom. The van der Waals surface area contributed by atoms with E-state index in [2.05, 4.69) is 5.32 Å². The van der Waals surface area contributed by atoms with Gasteiger partial charge in [0.1, 0.15) is 17.5 Å². The number of nitrogens with zero attached hydrogens (tertiary/aromatic N) is 2. The number of carbonyl (C=O) groups is 2.